The van der Waals surface area contributed by atoms with Crippen LogP contribution in [0.2, 0.25) is 0 Å². The summed E-state index contributed by atoms with van der Waals surface area (Å²) in [5.41, 5.74) is 1.04. The Morgan fingerprint density at radius 2 is 2.57 bits per heavy atom. The van der Waals surface area contributed by atoms with Gasteiger partial charge in [0, 0.05) is 24.9 Å². The van der Waals surface area contributed by atoms with Gasteiger partial charge < -0.3 is 14.5 Å². The molecule has 1 atom stereocenters. The molecule has 2 heterocycles. The van der Waals surface area contributed by atoms with Crippen LogP contribution in [0.5, 0.6) is 0 Å². The molecule has 0 unspecified atom stereocenters. The Bertz CT molecular complexity index is 298. The van der Waals surface area contributed by atoms with Crippen LogP contribution in [0.15, 0.2) is 10.6 Å². The van der Waals surface area contributed by atoms with Crippen molar-refractivity contribution in [1.82, 2.24) is 10.1 Å². The number of likely N-dealkylation sites (N-methyl/N-ethyl adjacent to an activating group) is 1. The fraction of sp³-hybridized carbons (Fsp3) is 0.700. The van der Waals surface area contributed by atoms with Crippen LogP contribution in [0.25, 0.3) is 0 Å². The average molecular weight is 196 g/mol. The van der Waals surface area contributed by atoms with Crippen molar-refractivity contribution >= 4 is 0 Å². The van der Waals surface area contributed by atoms with Crippen molar-refractivity contribution in [1.29, 1.82) is 0 Å². The average Bonchev–Trinajstić information content (AvgIpc) is 2.74. The Morgan fingerprint density at radius 1 is 1.71 bits per heavy atom. The summed E-state index contributed by atoms with van der Waals surface area (Å²) in [7, 11) is 2.12. The van der Waals surface area contributed by atoms with Crippen LogP contribution in [0.3, 0.4) is 0 Å². The minimum absolute atomic E-state index is 0.124. The lowest BCUT2D eigenvalue weighted by molar-refractivity contribution is 0.276. The topological polar surface area (TPSA) is 49.5 Å². The normalized spacial score (nSPS) is 23.1. The summed E-state index contributed by atoms with van der Waals surface area (Å²) in [6, 6.07) is 1.97. The highest BCUT2D eigenvalue weighted by molar-refractivity contribution is 5.12. The molecule has 0 spiro atoms. The molecule has 0 aromatic carbocycles. The first kappa shape index (κ1) is 9.68. The van der Waals surface area contributed by atoms with Crippen molar-refractivity contribution in [3.05, 3.63) is 17.5 Å². The number of likely N-dealkylation sites (tertiary alicyclic amines) is 1. The zero-order valence-corrected chi connectivity index (χ0v) is 8.44. The summed E-state index contributed by atoms with van der Waals surface area (Å²) in [4.78, 5) is 2.30. The molecule has 4 nitrogen and oxygen atoms in total. The lowest BCUT2D eigenvalue weighted by atomic mass is 10.0. The van der Waals surface area contributed by atoms with Crippen molar-refractivity contribution in [3.8, 4) is 0 Å². The summed E-state index contributed by atoms with van der Waals surface area (Å²) in [6.45, 7) is 2.32. The predicted octanol–water partition coefficient (Wildman–Crippen LogP) is 0.628. The molecule has 1 aromatic heterocycles. The van der Waals surface area contributed by atoms with E-state index in [0.29, 0.717) is 12.3 Å². The molecule has 1 aromatic rings. The SMILES string of the molecule is CN1CC[C@H](c2cc(CCO)on2)C1. The van der Waals surface area contributed by atoms with E-state index in [1.807, 2.05) is 6.07 Å². The fourth-order valence-electron chi connectivity index (χ4n) is 1.93. The second kappa shape index (κ2) is 4.11. The third kappa shape index (κ3) is 1.96. The molecule has 0 aliphatic carbocycles. The first-order valence-corrected chi connectivity index (χ1v) is 5.04. The zero-order chi connectivity index (χ0) is 9.97. The zero-order valence-electron chi connectivity index (χ0n) is 8.44. The number of aliphatic hydroxyl groups is 1. The molecule has 1 aliphatic rings. The van der Waals surface area contributed by atoms with Gasteiger partial charge in [-0.3, -0.25) is 0 Å². The molecular weight excluding hydrogens is 180 g/mol. The molecule has 1 aliphatic heterocycles. The van der Waals surface area contributed by atoms with Gasteiger partial charge in [-0.15, -0.1) is 0 Å². The van der Waals surface area contributed by atoms with Crippen LogP contribution in [0.1, 0.15) is 23.8 Å². The highest BCUT2D eigenvalue weighted by Gasteiger charge is 2.23. The molecule has 1 fully saturated rings. The Morgan fingerprint density at radius 3 is 3.21 bits per heavy atom. The molecule has 2 rings (SSSR count). The molecule has 1 N–H and O–H groups in total. The van der Waals surface area contributed by atoms with Gasteiger partial charge in [-0.05, 0) is 20.0 Å². The summed E-state index contributed by atoms with van der Waals surface area (Å²) in [6.07, 6.45) is 1.72. The smallest absolute Gasteiger partial charge is 0.139 e. The van der Waals surface area contributed by atoms with E-state index in [1.54, 1.807) is 0 Å². The quantitative estimate of drug-likeness (QED) is 0.770. The van der Waals surface area contributed by atoms with Gasteiger partial charge in [-0.2, -0.15) is 0 Å². The molecule has 0 bridgehead atoms. The van der Waals surface area contributed by atoms with Crippen molar-refractivity contribution in [2.75, 3.05) is 26.7 Å². The Labute approximate surface area is 83.5 Å². The largest absolute Gasteiger partial charge is 0.396 e. The molecule has 4 heteroatoms. The first-order valence-electron chi connectivity index (χ1n) is 5.04. The number of nitrogens with zero attached hydrogens (tertiary/aromatic N) is 2. The summed E-state index contributed by atoms with van der Waals surface area (Å²) in [5, 5.41) is 12.8. The minimum Gasteiger partial charge on any atom is -0.396 e. The van der Waals surface area contributed by atoms with Crippen LogP contribution in [-0.4, -0.2) is 41.9 Å². The van der Waals surface area contributed by atoms with E-state index in [2.05, 4.69) is 17.1 Å². The van der Waals surface area contributed by atoms with Crippen LogP contribution in [0, 0.1) is 0 Å². The van der Waals surface area contributed by atoms with Gasteiger partial charge in [0.05, 0.1) is 12.3 Å². The monoisotopic (exact) mass is 196 g/mol. The highest BCUT2D eigenvalue weighted by Crippen LogP contribution is 2.25. The van der Waals surface area contributed by atoms with Crippen LogP contribution in [0.4, 0.5) is 0 Å². The van der Waals surface area contributed by atoms with Crippen molar-refractivity contribution in [2.24, 2.45) is 0 Å². The highest BCUT2D eigenvalue weighted by atomic mass is 16.5. The molecule has 78 valence electrons. The Hall–Kier alpha value is -0.870. The van der Waals surface area contributed by atoms with Crippen molar-refractivity contribution in [2.45, 2.75) is 18.8 Å². The maximum Gasteiger partial charge on any atom is 0.139 e. The lowest BCUT2D eigenvalue weighted by Gasteiger charge is -2.05. The van der Waals surface area contributed by atoms with Gasteiger partial charge in [0.1, 0.15) is 5.76 Å². The van der Waals surface area contributed by atoms with E-state index in [1.165, 1.54) is 0 Å². The minimum atomic E-state index is 0.124. The fourth-order valence-corrected chi connectivity index (χ4v) is 1.93. The first-order chi connectivity index (χ1) is 6.79. The number of rotatable bonds is 3. The van der Waals surface area contributed by atoms with Gasteiger partial charge >= 0.3 is 0 Å². The summed E-state index contributed by atoms with van der Waals surface area (Å²) >= 11 is 0. The molecule has 0 saturated carbocycles. The van der Waals surface area contributed by atoms with Crippen LogP contribution >= 0.6 is 0 Å². The van der Waals surface area contributed by atoms with Gasteiger partial charge in [0.15, 0.2) is 0 Å². The second-order valence-corrected chi connectivity index (χ2v) is 3.94. The third-order valence-electron chi connectivity index (χ3n) is 2.74. The summed E-state index contributed by atoms with van der Waals surface area (Å²) < 4.78 is 5.12. The van der Waals surface area contributed by atoms with Crippen molar-refractivity contribution in [3.63, 3.8) is 0 Å². The lowest BCUT2D eigenvalue weighted by Crippen LogP contribution is -2.13. The molecule has 0 radical (unpaired) electrons. The number of hydrogen-bond acceptors (Lipinski definition) is 4. The van der Waals surface area contributed by atoms with Gasteiger partial charge in [0.2, 0.25) is 0 Å². The number of aromatic nitrogens is 1. The predicted molar refractivity (Wildman–Crippen MR) is 52.1 cm³/mol. The summed E-state index contributed by atoms with van der Waals surface area (Å²) in [5.74, 6) is 1.30. The van der Waals surface area contributed by atoms with E-state index in [0.717, 1.165) is 31.0 Å². The van der Waals surface area contributed by atoms with Crippen LogP contribution < -0.4 is 0 Å². The van der Waals surface area contributed by atoms with Gasteiger partial charge in [-0.25, -0.2) is 0 Å². The molecule has 0 amide bonds. The maximum atomic E-state index is 8.74. The maximum absolute atomic E-state index is 8.74. The van der Waals surface area contributed by atoms with Gasteiger partial charge in [0.25, 0.3) is 0 Å². The van der Waals surface area contributed by atoms with Gasteiger partial charge in [-0.1, -0.05) is 5.16 Å². The number of hydrogen-bond donors (Lipinski definition) is 1. The second-order valence-electron chi connectivity index (χ2n) is 3.94. The molecular formula is C10H16N2O2. The third-order valence-corrected chi connectivity index (χ3v) is 2.74. The standard InChI is InChI=1S/C10H16N2O2/c1-12-4-2-8(7-12)10-6-9(3-5-13)14-11-10/h6,8,13H,2-5,7H2,1H3/t8-/m0/s1. The van der Waals surface area contributed by atoms with E-state index in [4.69, 9.17) is 9.63 Å². The van der Waals surface area contributed by atoms with E-state index >= 15 is 0 Å². The molecule has 1 saturated heterocycles. The Balaban J connectivity index is 2.02. The van der Waals surface area contributed by atoms with E-state index < -0.39 is 0 Å². The molecule has 14 heavy (non-hydrogen) atoms. The van der Waals surface area contributed by atoms with Crippen molar-refractivity contribution < 1.29 is 9.63 Å². The van der Waals surface area contributed by atoms with E-state index in [9.17, 15) is 0 Å². The van der Waals surface area contributed by atoms with E-state index in [-0.39, 0.29) is 6.61 Å². The number of aliphatic hydroxyl groups excluding tert-OH is 1. The van der Waals surface area contributed by atoms with Crippen LogP contribution in [-0.2, 0) is 6.42 Å². The Kier molecular flexibility index (Phi) is 2.84.